The number of oxazole rings is 1. The average molecular weight is 290 g/mol. The van der Waals surface area contributed by atoms with E-state index in [0.29, 0.717) is 23.8 Å². The summed E-state index contributed by atoms with van der Waals surface area (Å²) in [5.41, 5.74) is 1.10. The number of aromatic carboxylic acids is 1. The number of rotatable bonds is 4. The van der Waals surface area contributed by atoms with Gasteiger partial charge in [-0.15, -0.1) is 16.4 Å². The zero-order valence-electron chi connectivity index (χ0n) is 10.5. The maximum absolute atomic E-state index is 10.9. The number of nitrogens with zero attached hydrogens (tertiary/aromatic N) is 4. The number of carbonyl (C=O) groups is 1. The van der Waals surface area contributed by atoms with Gasteiger partial charge in [0, 0.05) is 0 Å². The molecule has 20 heavy (non-hydrogen) atoms. The number of carboxylic acid groups (broad SMARTS) is 1. The second-order valence-electron chi connectivity index (χ2n) is 4.11. The van der Waals surface area contributed by atoms with E-state index >= 15 is 0 Å². The van der Waals surface area contributed by atoms with Crippen molar-refractivity contribution in [1.82, 2.24) is 20.0 Å². The summed E-state index contributed by atoms with van der Waals surface area (Å²) in [6, 6.07) is 3.84. The average Bonchev–Trinajstić information content (AvgIpc) is 3.12. The number of carboxylic acids is 1. The molecule has 0 amide bonds. The molecule has 3 aromatic rings. The lowest BCUT2D eigenvalue weighted by Gasteiger charge is -1.98. The van der Waals surface area contributed by atoms with Gasteiger partial charge in [-0.05, 0) is 18.4 Å². The summed E-state index contributed by atoms with van der Waals surface area (Å²) in [4.78, 5) is 16.2. The van der Waals surface area contributed by atoms with Gasteiger partial charge in [0.25, 0.3) is 0 Å². The fourth-order valence-electron chi connectivity index (χ4n) is 1.75. The zero-order chi connectivity index (χ0) is 14.1. The van der Waals surface area contributed by atoms with Crippen molar-refractivity contribution < 1.29 is 14.3 Å². The molecule has 0 radical (unpaired) electrons. The van der Waals surface area contributed by atoms with Crippen LogP contribution in [-0.4, -0.2) is 31.1 Å². The number of hydrogen-bond acceptors (Lipinski definition) is 6. The van der Waals surface area contributed by atoms with Crippen LogP contribution in [0.5, 0.6) is 0 Å². The van der Waals surface area contributed by atoms with E-state index in [1.54, 1.807) is 6.92 Å². The fourth-order valence-corrected chi connectivity index (χ4v) is 2.41. The molecule has 0 bridgehead atoms. The first-order chi connectivity index (χ1) is 9.65. The van der Waals surface area contributed by atoms with Crippen molar-refractivity contribution in [2.45, 2.75) is 13.5 Å². The van der Waals surface area contributed by atoms with E-state index in [0.717, 1.165) is 4.88 Å². The van der Waals surface area contributed by atoms with E-state index in [2.05, 4.69) is 15.3 Å². The van der Waals surface area contributed by atoms with Crippen molar-refractivity contribution in [3.8, 4) is 10.8 Å². The monoisotopic (exact) mass is 290 g/mol. The third kappa shape index (κ3) is 2.21. The Kier molecular flexibility index (Phi) is 3.07. The number of hydrogen-bond donors (Lipinski definition) is 1. The molecule has 0 unspecified atom stereocenters. The van der Waals surface area contributed by atoms with Crippen LogP contribution >= 0.6 is 11.3 Å². The van der Waals surface area contributed by atoms with E-state index in [1.807, 2.05) is 17.5 Å². The molecule has 3 aromatic heterocycles. The molecule has 0 fully saturated rings. The first-order valence-corrected chi connectivity index (χ1v) is 6.65. The van der Waals surface area contributed by atoms with Gasteiger partial charge < -0.3 is 9.52 Å². The molecule has 7 nitrogen and oxygen atoms in total. The molecule has 0 atom stereocenters. The van der Waals surface area contributed by atoms with Crippen LogP contribution < -0.4 is 0 Å². The van der Waals surface area contributed by atoms with Crippen LogP contribution in [0.25, 0.3) is 10.8 Å². The van der Waals surface area contributed by atoms with Gasteiger partial charge in [0.2, 0.25) is 5.89 Å². The van der Waals surface area contributed by atoms with Crippen LogP contribution in [0.1, 0.15) is 21.9 Å². The quantitative estimate of drug-likeness (QED) is 0.790. The summed E-state index contributed by atoms with van der Waals surface area (Å²) in [7, 11) is 0. The highest BCUT2D eigenvalue weighted by Gasteiger charge is 2.16. The minimum Gasteiger partial charge on any atom is -0.476 e. The Morgan fingerprint density at radius 1 is 1.55 bits per heavy atom. The normalized spacial score (nSPS) is 10.8. The molecule has 0 aliphatic rings. The topological polar surface area (TPSA) is 94.0 Å². The van der Waals surface area contributed by atoms with E-state index in [1.165, 1.54) is 22.3 Å². The van der Waals surface area contributed by atoms with Gasteiger partial charge in [0.1, 0.15) is 12.0 Å². The molecule has 3 heterocycles. The second-order valence-corrected chi connectivity index (χ2v) is 5.06. The summed E-state index contributed by atoms with van der Waals surface area (Å²) in [5, 5.41) is 18.3. The first-order valence-electron chi connectivity index (χ1n) is 5.77. The van der Waals surface area contributed by atoms with Crippen LogP contribution in [0.15, 0.2) is 28.2 Å². The summed E-state index contributed by atoms with van der Waals surface area (Å²) in [5.74, 6) is -0.542. The van der Waals surface area contributed by atoms with Crippen molar-refractivity contribution in [3.05, 3.63) is 40.9 Å². The van der Waals surface area contributed by atoms with Crippen LogP contribution in [-0.2, 0) is 6.54 Å². The van der Waals surface area contributed by atoms with E-state index in [-0.39, 0.29) is 5.69 Å². The number of thiophene rings is 1. The highest BCUT2D eigenvalue weighted by Crippen LogP contribution is 2.23. The minimum atomic E-state index is -1.09. The summed E-state index contributed by atoms with van der Waals surface area (Å²) >= 11 is 1.54. The molecule has 3 rings (SSSR count). The largest absolute Gasteiger partial charge is 0.476 e. The predicted molar refractivity (Wildman–Crippen MR) is 70.6 cm³/mol. The van der Waals surface area contributed by atoms with Crippen LogP contribution in [0.2, 0.25) is 0 Å². The maximum Gasteiger partial charge on any atom is 0.358 e. The molecular weight excluding hydrogens is 280 g/mol. The summed E-state index contributed by atoms with van der Waals surface area (Å²) in [6.07, 6.45) is 1.54. The lowest BCUT2D eigenvalue weighted by atomic mass is 10.3. The van der Waals surface area contributed by atoms with Crippen LogP contribution in [0.4, 0.5) is 0 Å². The molecule has 0 spiro atoms. The molecule has 102 valence electrons. The first kappa shape index (κ1) is 12.5. The highest BCUT2D eigenvalue weighted by molar-refractivity contribution is 7.13. The smallest absolute Gasteiger partial charge is 0.358 e. The molecule has 0 saturated heterocycles. The van der Waals surface area contributed by atoms with E-state index in [4.69, 9.17) is 9.52 Å². The van der Waals surface area contributed by atoms with Gasteiger partial charge in [0.15, 0.2) is 5.69 Å². The van der Waals surface area contributed by atoms with Gasteiger partial charge in [0.05, 0.1) is 17.1 Å². The van der Waals surface area contributed by atoms with Gasteiger partial charge in [-0.2, -0.15) is 0 Å². The predicted octanol–water partition coefficient (Wildman–Crippen LogP) is 2.05. The van der Waals surface area contributed by atoms with Crippen molar-refractivity contribution in [2.75, 3.05) is 0 Å². The molecular formula is C12H10N4O3S. The lowest BCUT2D eigenvalue weighted by Crippen LogP contribution is -2.06. The second kappa shape index (κ2) is 4.89. The van der Waals surface area contributed by atoms with Crippen molar-refractivity contribution in [2.24, 2.45) is 0 Å². The Hall–Kier alpha value is -2.48. The highest BCUT2D eigenvalue weighted by atomic mass is 32.1. The maximum atomic E-state index is 10.9. The van der Waals surface area contributed by atoms with Gasteiger partial charge >= 0.3 is 5.97 Å². The van der Waals surface area contributed by atoms with Crippen LogP contribution in [0, 0.1) is 6.92 Å². The Labute approximate surface area is 117 Å². The standard InChI is InChI=1S/C12H10N4O3S/c1-7-10(12(17)18)14-15-16(7)5-8-6-19-11(13-8)9-3-2-4-20-9/h2-4,6H,5H2,1H3,(H,17,18). The molecule has 0 aliphatic heterocycles. The Balaban J connectivity index is 1.84. The van der Waals surface area contributed by atoms with E-state index in [9.17, 15) is 4.79 Å². The zero-order valence-corrected chi connectivity index (χ0v) is 11.3. The number of aromatic nitrogens is 4. The Morgan fingerprint density at radius 3 is 3.05 bits per heavy atom. The molecule has 0 saturated carbocycles. The van der Waals surface area contributed by atoms with Crippen molar-refractivity contribution in [3.63, 3.8) is 0 Å². The third-order valence-electron chi connectivity index (χ3n) is 2.78. The van der Waals surface area contributed by atoms with Crippen LogP contribution in [0.3, 0.4) is 0 Å². The molecule has 8 heteroatoms. The summed E-state index contributed by atoms with van der Waals surface area (Å²) < 4.78 is 6.88. The Bertz CT molecular complexity index is 745. The van der Waals surface area contributed by atoms with E-state index < -0.39 is 5.97 Å². The molecule has 0 aromatic carbocycles. The fraction of sp³-hybridized carbons (Fsp3) is 0.167. The minimum absolute atomic E-state index is 0.0491. The van der Waals surface area contributed by atoms with Crippen molar-refractivity contribution in [1.29, 1.82) is 0 Å². The van der Waals surface area contributed by atoms with Gasteiger partial charge in [-0.1, -0.05) is 11.3 Å². The molecule has 0 aliphatic carbocycles. The Morgan fingerprint density at radius 2 is 2.40 bits per heavy atom. The van der Waals surface area contributed by atoms with Crippen molar-refractivity contribution >= 4 is 17.3 Å². The molecule has 1 N–H and O–H groups in total. The SMILES string of the molecule is Cc1c(C(=O)O)nnn1Cc1coc(-c2cccs2)n1. The summed E-state index contributed by atoms with van der Waals surface area (Å²) in [6.45, 7) is 1.98. The van der Waals surface area contributed by atoms with Gasteiger partial charge in [-0.25, -0.2) is 14.5 Å². The van der Waals surface area contributed by atoms with Gasteiger partial charge in [-0.3, -0.25) is 0 Å². The third-order valence-corrected chi connectivity index (χ3v) is 3.64. The lowest BCUT2D eigenvalue weighted by molar-refractivity contribution is 0.0689.